The third-order valence-corrected chi connectivity index (χ3v) is 7.00. The van der Waals surface area contributed by atoms with Gasteiger partial charge in [0.2, 0.25) is 6.79 Å². The van der Waals surface area contributed by atoms with Gasteiger partial charge in [-0.3, -0.25) is 10.2 Å². The van der Waals surface area contributed by atoms with Gasteiger partial charge in [0, 0.05) is 21.5 Å². The van der Waals surface area contributed by atoms with Gasteiger partial charge < -0.3 is 19.0 Å². The number of H-pyrrole nitrogens is 1. The average molecular weight is 512 g/mol. The highest BCUT2D eigenvalue weighted by molar-refractivity contribution is 9.10. The van der Waals surface area contributed by atoms with Gasteiger partial charge in [0.1, 0.15) is 5.52 Å². The van der Waals surface area contributed by atoms with Gasteiger partial charge in [0.05, 0.1) is 6.33 Å². The highest BCUT2D eigenvalue weighted by atomic mass is 79.9. The zero-order valence-corrected chi connectivity index (χ0v) is 19.4. The van der Waals surface area contributed by atoms with E-state index in [9.17, 15) is 4.79 Å². The number of aryl methyl sites for hydroxylation is 2. The van der Waals surface area contributed by atoms with Crippen molar-refractivity contribution in [2.45, 2.75) is 29.9 Å². The van der Waals surface area contributed by atoms with Crippen molar-refractivity contribution in [3.8, 4) is 11.5 Å². The molecule has 4 aromatic rings. The fourth-order valence-corrected chi connectivity index (χ4v) is 4.79. The van der Waals surface area contributed by atoms with E-state index in [1.165, 1.54) is 11.8 Å². The Balaban J connectivity index is 1.40. The zero-order valence-electron chi connectivity index (χ0n) is 17.0. The van der Waals surface area contributed by atoms with E-state index in [2.05, 4.69) is 25.9 Å². The van der Waals surface area contributed by atoms with Crippen molar-refractivity contribution in [2.75, 3.05) is 6.79 Å². The number of fused-ring (bicyclic) bond motifs is 2. The Morgan fingerprint density at radius 2 is 2.00 bits per heavy atom. The smallest absolute Gasteiger partial charge is 0.231 e. The number of rotatable bonds is 6. The summed E-state index contributed by atoms with van der Waals surface area (Å²) in [4.78, 5) is 24.5. The quantitative estimate of drug-likeness (QED) is 0.373. The molecule has 8 nitrogen and oxygen atoms in total. The van der Waals surface area contributed by atoms with E-state index >= 15 is 0 Å². The lowest BCUT2D eigenvalue weighted by Gasteiger charge is -2.07. The first-order valence-electron chi connectivity index (χ1n) is 9.84. The van der Waals surface area contributed by atoms with Crippen LogP contribution in [-0.2, 0) is 13.0 Å². The molecule has 0 bridgehead atoms. The minimum atomic E-state index is 0.0542. The molecule has 0 spiro atoms. The summed E-state index contributed by atoms with van der Waals surface area (Å²) >= 11 is 5.01. The van der Waals surface area contributed by atoms with E-state index in [1.54, 1.807) is 13.3 Å². The first-order chi connectivity index (χ1) is 15.5. The Kier molecular flexibility index (Phi) is 5.48. The normalized spacial score (nSPS) is 12.4. The number of ketones is 1. The summed E-state index contributed by atoms with van der Waals surface area (Å²) in [5, 5.41) is 8.83. The molecule has 0 saturated heterocycles. The van der Waals surface area contributed by atoms with E-state index in [-0.39, 0.29) is 18.1 Å². The molecule has 1 aliphatic rings. The van der Waals surface area contributed by atoms with E-state index in [4.69, 9.17) is 19.9 Å². The molecule has 0 atom stereocenters. The second-order valence-corrected chi connectivity index (χ2v) is 9.15. The van der Waals surface area contributed by atoms with Crippen LogP contribution < -0.4 is 15.0 Å². The number of carbonyl (C=O) groups is 1. The van der Waals surface area contributed by atoms with Crippen LogP contribution in [0.4, 0.5) is 0 Å². The Hall–Kier alpha value is -3.11. The average Bonchev–Trinajstić information content (AvgIpc) is 3.41. The van der Waals surface area contributed by atoms with Crippen molar-refractivity contribution in [3.63, 3.8) is 0 Å². The zero-order chi connectivity index (χ0) is 22.2. The highest BCUT2D eigenvalue weighted by Gasteiger charge is 2.18. The van der Waals surface area contributed by atoms with Crippen molar-refractivity contribution in [2.24, 2.45) is 0 Å². The molecule has 0 radical (unpaired) electrons. The Labute approximate surface area is 195 Å². The summed E-state index contributed by atoms with van der Waals surface area (Å²) < 4.78 is 13.7. The lowest BCUT2D eigenvalue weighted by atomic mass is 10.1. The molecule has 2 N–H and O–H groups in total. The fourth-order valence-electron chi connectivity index (χ4n) is 3.41. The molecule has 0 saturated carbocycles. The minimum absolute atomic E-state index is 0.0542. The molecule has 162 valence electrons. The number of imidazole rings is 1. The maximum atomic E-state index is 11.5. The lowest BCUT2D eigenvalue weighted by Crippen LogP contribution is -2.13. The van der Waals surface area contributed by atoms with E-state index in [1.807, 2.05) is 41.0 Å². The number of hydrogen-bond acceptors (Lipinski definition) is 7. The number of ether oxygens (including phenoxy) is 2. The number of halogens is 1. The molecule has 0 unspecified atom stereocenters. The second-order valence-electron chi connectivity index (χ2n) is 7.27. The maximum Gasteiger partial charge on any atom is 0.231 e. The van der Waals surface area contributed by atoms with E-state index in [0.29, 0.717) is 39.9 Å². The highest BCUT2D eigenvalue weighted by Crippen LogP contribution is 2.42. The van der Waals surface area contributed by atoms with Crippen molar-refractivity contribution in [1.82, 2.24) is 19.5 Å². The molecule has 2 aromatic carbocycles. The predicted octanol–water partition coefficient (Wildman–Crippen LogP) is 4.33. The first-order valence-corrected chi connectivity index (χ1v) is 11.5. The molecule has 5 rings (SSSR count). The number of aromatic amines is 1. The lowest BCUT2D eigenvalue weighted by molar-refractivity contribution is 0.101. The third-order valence-electron chi connectivity index (χ3n) is 5.13. The summed E-state index contributed by atoms with van der Waals surface area (Å²) in [5.74, 6) is 1.46. The van der Waals surface area contributed by atoms with Crippen LogP contribution >= 0.6 is 27.7 Å². The number of aromatic nitrogens is 4. The molecule has 2 aromatic heterocycles. The van der Waals surface area contributed by atoms with Crippen molar-refractivity contribution < 1.29 is 14.3 Å². The Bertz CT molecular complexity index is 1400. The largest absolute Gasteiger partial charge is 0.454 e. The minimum Gasteiger partial charge on any atom is -0.454 e. The van der Waals surface area contributed by atoms with Gasteiger partial charge in [0.15, 0.2) is 33.6 Å². The van der Waals surface area contributed by atoms with Crippen LogP contribution in [0.1, 0.15) is 22.8 Å². The molecule has 32 heavy (non-hydrogen) atoms. The number of nitrogens with one attached hydrogen (secondary N) is 2. The standard InChI is InChI=1S/C22H18BrN5O3S/c1-12(29)14-4-2-13(3-5-14)6-7-28-10-25-20(24)19-21(28)27-22(26-19)32-18-9-17-16(8-15(18)23)30-11-31-17/h2-5,8-10,24H,6-7,11H2,1H3,(H,26,27). The number of hydrogen-bond donors (Lipinski definition) is 2. The fraction of sp³-hybridized carbons (Fsp3) is 0.182. The summed E-state index contributed by atoms with van der Waals surface area (Å²) in [7, 11) is 0. The maximum absolute atomic E-state index is 11.5. The number of Topliss-reactive ketones (excluding diaryl/α,β-unsaturated/α-hetero) is 1. The van der Waals surface area contributed by atoms with Gasteiger partial charge in [-0.15, -0.1) is 0 Å². The van der Waals surface area contributed by atoms with Crippen LogP contribution in [0.15, 0.2) is 57.3 Å². The van der Waals surface area contributed by atoms with Gasteiger partial charge in [-0.2, -0.15) is 0 Å². The number of carbonyl (C=O) groups excluding carboxylic acids is 1. The number of benzene rings is 2. The summed E-state index contributed by atoms with van der Waals surface area (Å²) in [6.45, 7) is 2.42. The van der Waals surface area contributed by atoms with Crippen LogP contribution in [0.3, 0.4) is 0 Å². The molecule has 0 fully saturated rings. The molecule has 0 amide bonds. The Morgan fingerprint density at radius 1 is 1.25 bits per heavy atom. The van der Waals surface area contributed by atoms with Gasteiger partial charge in [-0.1, -0.05) is 36.0 Å². The van der Waals surface area contributed by atoms with Crippen LogP contribution in [0.25, 0.3) is 11.2 Å². The van der Waals surface area contributed by atoms with Gasteiger partial charge >= 0.3 is 0 Å². The van der Waals surface area contributed by atoms with E-state index < -0.39 is 0 Å². The predicted molar refractivity (Wildman–Crippen MR) is 122 cm³/mol. The Morgan fingerprint density at radius 3 is 2.75 bits per heavy atom. The topological polar surface area (TPSA) is 106 Å². The molecule has 1 aliphatic heterocycles. The SMILES string of the molecule is CC(=O)c1ccc(CCn2cnc(=N)c3[nH]c(Sc4cc5c(cc4Br)OCO5)nc32)cc1. The van der Waals surface area contributed by atoms with Crippen molar-refractivity contribution in [1.29, 1.82) is 5.41 Å². The van der Waals surface area contributed by atoms with Crippen molar-refractivity contribution in [3.05, 3.63) is 63.8 Å². The molecule has 10 heteroatoms. The summed E-state index contributed by atoms with van der Waals surface area (Å²) in [6.07, 6.45) is 2.39. The molecular weight excluding hydrogens is 494 g/mol. The van der Waals surface area contributed by atoms with Crippen LogP contribution in [0, 0.1) is 5.41 Å². The molecule has 0 aliphatic carbocycles. The monoisotopic (exact) mass is 511 g/mol. The van der Waals surface area contributed by atoms with Gasteiger partial charge in [0.25, 0.3) is 0 Å². The van der Waals surface area contributed by atoms with Crippen LogP contribution in [-0.4, -0.2) is 32.1 Å². The van der Waals surface area contributed by atoms with Gasteiger partial charge in [-0.25, -0.2) is 9.97 Å². The first kappa shape index (κ1) is 20.8. The van der Waals surface area contributed by atoms with Crippen LogP contribution in [0.5, 0.6) is 11.5 Å². The molecule has 3 heterocycles. The van der Waals surface area contributed by atoms with Crippen molar-refractivity contribution >= 4 is 44.6 Å². The second kappa shape index (κ2) is 8.44. The summed E-state index contributed by atoms with van der Waals surface area (Å²) in [5.41, 5.74) is 3.21. The van der Waals surface area contributed by atoms with Gasteiger partial charge in [-0.05, 0) is 47.0 Å². The summed E-state index contributed by atoms with van der Waals surface area (Å²) in [6, 6.07) is 11.4. The van der Waals surface area contributed by atoms with E-state index in [0.717, 1.165) is 21.4 Å². The number of nitrogens with zero attached hydrogens (tertiary/aromatic N) is 3. The van der Waals surface area contributed by atoms with Crippen LogP contribution in [0.2, 0.25) is 0 Å². The third kappa shape index (κ3) is 4.03. The molecular formula is C22H18BrN5O3S.